The molecule has 1 rings (SSSR count). The van der Waals surface area contributed by atoms with Crippen molar-refractivity contribution in [1.82, 2.24) is 4.90 Å². The first kappa shape index (κ1) is 15.4. The molecule has 1 aliphatic heterocycles. The molecule has 0 aromatic rings. The van der Waals surface area contributed by atoms with Gasteiger partial charge in [0.15, 0.2) is 6.04 Å². The SMILES string of the molecule is CC(C)(C)OC[C@@H](C(=O)O)N1CC(C(N)=O)CC1=O. The van der Waals surface area contributed by atoms with E-state index in [1.165, 1.54) is 0 Å². The molecule has 108 valence electrons. The molecule has 2 atom stereocenters. The Hall–Kier alpha value is -1.63. The number of aliphatic carboxylic acids is 1. The van der Waals surface area contributed by atoms with Crippen LogP contribution in [0.5, 0.6) is 0 Å². The van der Waals surface area contributed by atoms with Gasteiger partial charge < -0.3 is 20.5 Å². The first-order valence-corrected chi connectivity index (χ1v) is 6.07. The fraction of sp³-hybridized carbons (Fsp3) is 0.750. The first-order chi connectivity index (χ1) is 8.61. The molecule has 0 aromatic heterocycles. The Kier molecular flexibility index (Phi) is 4.52. The highest BCUT2D eigenvalue weighted by molar-refractivity contribution is 5.91. The molecule has 0 aromatic carbocycles. The molecule has 2 amide bonds. The van der Waals surface area contributed by atoms with E-state index in [1.807, 2.05) is 0 Å². The molecule has 0 aliphatic carbocycles. The van der Waals surface area contributed by atoms with Gasteiger partial charge in [-0.15, -0.1) is 0 Å². The molecular formula is C12H20N2O5. The van der Waals surface area contributed by atoms with Crippen molar-refractivity contribution in [3.63, 3.8) is 0 Å². The number of carbonyl (C=O) groups excluding carboxylic acids is 2. The van der Waals surface area contributed by atoms with Crippen LogP contribution in [0.15, 0.2) is 0 Å². The molecule has 1 fully saturated rings. The van der Waals surface area contributed by atoms with E-state index in [4.69, 9.17) is 10.5 Å². The van der Waals surface area contributed by atoms with Crippen LogP contribution in [-0.4, -0.2) is 52.6 Å². The lowest BCUT2D eigenvalue weighted by atomic mass is 10.1. The maximum atomic E-state index is 11.8. The van der Waals surface area contributed by atoms with Crippen molar-refractivity contribution in [2.24, 2.45) is 11.7 Å². The molecule has 1 heterocycles. The van der Waals surface area contributed by atoms with Crippen LogP contribution >= 0.6 is 0 Å². The fourth-order valence-electron chi connectivity index (χ4n) is 1.85. The van der Waals surface area contributed by atoms with Gasteiger partial charge in [0.1, 0.15) is 0 Å². The van der Waals surface area contributed by atoms with E-state index in [1.54, 1.807) is 20.8 Å². The average molecular weight is 272 g/mol. The Labute approximate surface area is 111 Å². The number of primary amides is 1. The minimum atomic E-state index is -1.15. The molecule has 7 heteroatoms. The van der Waals surface area contributed by atoms with Crippen molar-refractivity contribution >= 4 is 17.8 Å². The quantitative estimate of drug-likeness (QED) is 0.707. The van der Waals surface area contributed by atoms with E-state index >= 15 is 0 Å². The van der Waals surface area contributed by atoms with Gasteiger partial charge in [0.25, 0.3) is 0 Å². The van der Waals surface area contributed by atoms with Crippen molar-refractivity contribution in [1.29, 1.82) is 0 Å². The number of carboxylic acid groups (broad SMARTS) is 1. The minimum absolute atomic E-state index is 0.0331. The standard InChI is InChI=1S/C12H20N2O5/c1-12(2,3)19-6-8(11(17)18)14-5-7(10(13)16)4-9(14)15/h7-8H,4-6H2,1-3H3,(H2,13,16)(H,17,18)/t7?,8-/m0/s1. The number of hydrogen-bond donors (Lipinski definition) is 2. The van der Waals surface area contributed by atoms with E-state index in [-0.39, 0.29) is 25.5 Å². The summed E-state index contributed by atoms with van der Waals surface area (Å²) in [7, 11) is 0. The number of ether oxygens (including phenoxy) is 1. The molecule has 0 saturated carbocycles. The predicted octanol–water partition coefficient (Wildman–Crippen LogP) is -0.411. The van der Waals surface area contributed by atoms with Crippen molar-refractivity contribution in [2.75, 3.05) is 13.2 Å². The summed E-state index contributed by atoms with van der Waals surface area (Å²) >= 11 is 0. The van der Waals surface area contributed by atoms with Gasteiger partial charge in [0, 0.05) is 13.0 Å². The van der Waals surface area contributed by atoms with Crippen LogP contribution in [0.1, 0.15) is 27.2 Å². The number of carbonyl (C=O) groups is 3. The highest BCUT2D eigenvalue weighted by Crippen LogP contribution is 2.21. The van der Waals surface area contributed by atoms with E-state index in [9.17, 15) is 19.5 Å². The van der Waals surface area contributed by atoms with Crippen LogP contribution in [0.4, 0.5) is 0 Å². The number of rotatable bonds is 5. The largest absolute Gasteiger partial charge is 0.480 e. The van der Waals surface area contributed by atoms with Crippen LogP contribution in [0.25, 0.3) is 0 Å². The summed E-state index contributed by atoms with van der Waals surface area (Å²) in [5, 5.41) is 9.18. The molecular weight excluding hydrogens is 252 g/mol. The van der Waals surface area contributed by atoms with Crippen LogP contribution in [0.3, 0.4) is 0 Å². The molecule has 1 saturated heterocycles. The zero-order valence-corrected chi connectivity index (χ0v) is 11.4. The Morgan fingerprint density at radius 1 is 1.53 bits per heavy atom. The maximum absolute atomic E-state index is 11.8. The van der Waals surface area contributed by atoms with Crippen LogP contribution in [0, 0.1) is 5.92 Å². The molecule has 0 bridgehead atoms. The van der Waals surface area contributed by atoms with Crippen molar-refractivity contribution in [2.45, 2.75) is 38.8 Å². The molecule has 7 nitrogen and oxygen atoms in total. The monoisotopic (exact) mass is 272 g/mol. The van der Waals surface area contributed by atoms with E-state index in [2.05, 4.69) is 0 Å². The van der Waals surface area contributed by atoms with Gasteiger partial charge >= 0.3 is 5.97 Å². The van der Waals surface area contributed by atoms with E-state index < -0.39 is 29.4 Å². The predicted molar refractivity (Wildman–Crippen MR) is 66.1 cm³/mol. The van der Waals surface area contributed by atoms with Gasteiger partial charge in [0.05, 0.1) is 18.1 Å². The zero-order valence-electron chi connectivity index (χ0n) is 11.4. The topological polar surface area (TPSA) is 110 Å². The summed E-state index contributed by atoms with van der Waals surface area (Å²) in [5.41, 5.74) is 4.64. The van der Waals surface area contributed by atoms with Crippen LogP contribution < -0.4 is 5.73 Å². The summed E-state index contributed by atoms with van der Waals surface area (Å²) in [6.07, 6.45) is -0.0331. The van der Waals surface area contributed by atoms with Gasteiger partial charge in [-0.3, -0.25) is 9.59 Å². The van der Waals surface area contributed by atoms with E-state index in [0.717, 1.165) is 4.90 Å². The number of amides is 2. The maximum Gasteiger partial charge on any atom is 0.328 e. The number of carboxylic acids is 1. The Balaban J connectivity index is 2.75. The highest BCUT2D eigenvalue weighted by atomic mass is 16.5. The second-order valence-corrected chi connectivity index (χ2v) is 5.63. The van der Waals surface area contributed by atoms with Crippen molar-refractivity contribution in [3.8, 4) is 0 Å². The lowest BCUT2D eigenvalue weighted by Crippen LogP contribution is -2.47. The summed E-state index contributed by atoms with van der Waals surface area (Å²) in [6, 6.07) is -1.09. The smallest absolute Gasteiger partial charge is 0.328 e. The third-order valence-electron chi connectivity index (χ3n) is 2.90. The molecule has 0 radical (unpaired) electrons. The Bertz CT molecular complexity index is 388. The molecule has 3 N–H and O–H groups in total. The summed E-state index contributed by atoms with van der Waals surface area (Å²) in [5.74, 6) is -2.74. The van der Waals surface area contributed by atoms with Gasteiger partial charge in [-0.25, -0.2) is 4.79 Å². The van der Waals surface area contributed by atoms with Gasteiger partial charge in [-0.05, 0) is 20.8 Å². The van der Waals surface area contributed by atoms with Gasteiger partial charge in [0.2, 0.25) is 11.8 Å². The van der Waals surface area contributed by atoms with Crippen LogP contribution in [0.2, 0.25) is 0 Å². The Morgan fingerprint density at radius 3 is 2.47 bits per heavy atom. The summed E-state index contributed by atoms with van der Waals surface area (Å²) in [6.45, 7) is 5.31. The van der Waals surface area contributed by atoms with Crippen molar-refractivity contribution in [3.05, 3.63) is 0 Å². The number of hydrogen-bond acceptors (Lipinski definition) is 4. The van der Waals surface area contributed by atoms with Gasteiger partial charge in [-0.1, -0.05) is 0 Å². The Morgan fingerprint density at radius 2 is 2.11 bits per heavy atom. The number of nitrogens with zero attached hydrogens (tertiary/aromatic N) is 1. The first-order valence-electron chi connectivity index (χ1n) is 6.07. The lowest BCUT2D eigenvalue weighted by Gasteiger charge is -2.28. The number of nitrogens with two attached hydrogens (primary N) is 1. The third-order valence-corrected chi connectivity index (χ3v) is 2.90. The molecule has 0 spiro atoms. The van der Waals surface area contributed by atoms with Crippen molar-refractivity contribution < 1.29 is 24.2 Å². The highest BCUT2D eigenvalue weighted by Gasteiger charge is 2.40. The van der Waals surface area contributed by atoms with Crippen LogP contribution in [-0.2, 0) is 19.1 Å². The second kappa shape index (κ2) is 5.56. The van der Waals surface area contributed by atoms with E-state index in [0.29, 0.717) is 0 Å². The second-order valence-electron chi connectivity index (χ2n) is 5.63. The summed E-state index contributed by atoms with van der Waals surface area (Å²) < 4.78 is 5.42. The molecule has 1 unspecified atom stereocenters. The summed E-state index contributed by atoms with van der Waals surface area (Å²) in [4.78, 5) is 35.2. The fourth-order valence-corrected chi connectivity index (χ4v) is 1.85. The molecule has 19 heavy (non-hydrogen) atoms. The lowest BCUT2D eigenvalue weighted by molar-refractivity contribution is -0.153. The minimum Gasteiger partial charge on any atom is -0.480 e. The zero-order chi connectivity index (χ0) is 14.8. The third kappa shape index (κ3) is 4.20. The number of likely N-dealkylation sites (tertiary alicyclic amines) is 1. The normalized spacial score (nSPS) is 21.5. The average Bonchev–Trinajstić information content (AvgIpc) is 2.59. The molecule has 1 aliphatic rings. The van der Waals surface area contributed by atoms with Gasteiger partial charge in [-0.2, -0.15) is 0 Å².